The van der Waals surface area contributed by atoms with Crippen LogP contribution in [0.3, 0.4) is 0 Å². The minimum absolute atomic E-state index is 0.0107. The van der Waals surface area contributed by atoms with Crippen molar-refractivity contribution < 1.29 is 22.7 Å². The molecule has 0 bridgehead atoms. The van der Waals surface area contributed by atoms with Crippen LogP contribution in [0.2, 0.25) is 0 Å². The predicted molar refractivity (Wildman–Crippen MR) is 111 cm³/mol. The Morgan fingerprint density at radius 3 is 2.81 bits per heavy atom. The van der Waals surface area contributed by atoms with Crippen LogP contribution in [-0.2, 0) is 10.9 Å². The molecular formula is C22H22F3N3O2S. The van der Waals surface area contributed by atoms with E-state index in [0.717, 1.165) is 12.5 Å². The number of nitrogens with zero attached hydrogens (tertiary/aromatic N) is 3. The second-order valence-corrected chi connectivity index (χ2v) is 9.01. The number of benzene rings is 1. The quantitative estimate of drug-likeness (QED) is 0.700. The van der Waals surface area contributed by atoms with Gasteiger partial charge < -0.3 is 14.5 Å². The predicted octanol–water partition coefficient (Wildman–Crippen LogP) is 4.25. The normalized spacial score (nSPS) is 23.5. The number of amides is 1. The lowest BCUT2D eigenvalue weighted by Crippen LogP contribution is -2.50. The van der Waals surface area contributed by atoms with Crippen LogP contribution in [0.25, 0.3) is 0 Å². The van der Waals surface area contributed by atoms with Crippen LogP contribution in [-0.4, -0.2) is 50.7 Å². The Morgan fingerprint density at radius 2 is 2.16 bits per heavy atom. The molecule has 4 rings (SSSR count). The number of nitriles is 1. The standard InChI is InChI=1S/C22H22F3N3O2S/c1-30-14-21-5-6-27(20(29)16-4-7-31-12-16)10-17(21)11-28(13-21)18-3-2-15(9-26)19(8-18)22(23,24)25/h2-4,7-8,12,17H,5-6,10-11,13-14H2,1H3. The van der Waals surface area contributed by atoms with Crippen LogP contribution < -0.4 is 4.90 Å². The first-order valence-electron chi connectivity index (χ1n) is 9.94. The van der Waals surface area contributed by atoms with E-state index >= 15 is 0 Å². The third-order valence-corrected chi connectivity index (χ3v) is 7.10. The average molecular weight is 449 g/mol. The van der Waals surface area contributed by atoms with Crippen molar-refractivity contribution in [3.8, 4) is 6.07 Å². The van der Waals surface area contributed by atoms with Crippen LogP contribution in [0.15, 0.2) is 35.0 Å². The molecule has 3 heterocycles. The molecule has 0 saturated carbocycles. The van der Waals surface area contributed by atoms with Crippen molar-refractivity contribution in [1.29, 1.82) is 5.26 Å². The van der Waals surface area contributed by atoms with Gasteiger partial charge in [-0.25, -0.2) is 0 Å². The van der Waals surface area contributed by atoms with Crippen LogP contribution in [0.1, 0.15) is 27.9 Å². The Labute approximate surface area is 182 Å². The van der Waals surface area contributed by atoms with E-state index in [0.29, 0.717) is 44.0 Å². The van der Waals surface area contributed by atoms with Gasteiger partial charge in [0.1, 0.15) is 0 Å². The van der Waals surface area contributed by atoms with Gasteiger partial charge >= 0.3 is 6.18 Å². The summed E-state index contributed by atoms with van der Waals surface area (Å²) in [6, 6.07) is 7.29. The first kappa shape index (κ1) is 21.7. The summed E-state index contributed by atoms with van der Waals surface area (Å²) < 4.78 is 45.8. The summed E-state index contributed by atoms with van der Waals surface area (Å²) >= 11 is 1.47. The summed E-state index contributed by atoms with van der Waals surface area (Å²) in [5.41, 5.74) is -0.427. The van der Waals surface area contributed by atoms with Crippen molar-refractivity contribution in [2.75, 3.05) is 44.8 Å². The smallest absolute Gasteiger partial charge is 0.384 e. The van der Waals surface area contributed by atoms with E-state index in [1.807, 2.05) is 20.6 Å². The fourth-order valence-corrected chi connectivity index (χ4v) is 5.45. The Kier molecular flexibility index (Phi) is 5.71. The van der Waals surface area contributed by atoms with Crippen LogP contribution >= 0.6 is 11.3 Å². The third-order valence-electron chi connectivity index (χ3n) is 6.41. The second-order valence-electron chi connectivity index (χ2n) is 8.23. The molecule has 2 saturated heterocycles. The first-order chi connectivity index (χ1) is 14.8. The highest BCUT2D eigenvalue weighted by Gasteiger charge is 2.50. The van der Waals surface area contributed by atoms with Gasteiger partial charge in [0.2, 0.25) is 0 Å². The lowest BCUT2D eigenvalue weighted by Gasteiger charge is -2.42. The molecule has 2 aliphatic rings. The van der Waals surface area contributed by atoms with Crippen molar-refractivity contribution in [2.45, 2.75) is 12.6 Å². The molecular weight excluding hydrogens is 427 g/mol. The van der Waals surface area contributed by atoms with Gasteiger partial charge in [0, 0.05) is 55.7 Å². The molecule has 2 unspecified atom stereocenters. The number of fused-ring (bicyclic) bond motifs is 1. The molecule has 0 radical (unpaired) electrons. The summed E-state index contributed by atoms with van der Waals surface area (Å²) in [6.07, 6.45) is -3.87. The van der Waals surface area contributed by atoms with E-state index in [9.17, 15) is 18.0 Å². The lowest BCUT2D eigenvalue weighted by molar-refractivity contribution is -0.137. The number of carbonyl (C=O) groups excluding carboxylic acids is 1. The molecule has 0 N–H and O–H groups in total. The van der Waals surface area contributed by atoms with Gasteiger partial charge in [-0.3, -0.25) is 4.79 Å². The van der Waals surface area contributed by atoms with Gasteiger partial charge in [0.25, 0.3) is 5.91 Å². The summed E-state index contributed by atoms with van der Waals surface area (Å²) in [4.78, 5) is 16.6. The van der Waals surface area contributed by atoms with Crippen molar-refractivity contribution in [2.24, 2.45) is 11.3 Å². The minimum atomic E-state index is -4.60. The SMILES string of the molecule is COCC12CCN(C(=O)c3ccsc3)CC1CN(c1ccc(C#N)c(C(F)(F)F)c1)C2. The Hall–Kier alpha value is -2.57. The van der Waals surface area contributed by atoms with Crippen molar-refractivity contribution in [1.82, 2.24) is 4.90 Å². The number of thiophene rings is 1. The number of ether oxygens (including phenoxy) is 1. The Balaban J connectivity index is 1.60. The number of alkyl halides is 3. The minimum Gasteiger partial charge on any atom is -0.384 e. The van der Waals surface area contributed by atoms with Crippen molar-refractivity contribution in [3.63, 3.8) is 0 Å². The summed E-state index contributed by atoms with van der Waals surface area (Å²) in [5, 5.41) is 12.8. The van der Waals surface area contributed by atoms with Crippen LogP contribution in [0, 0.1) is 22.7 Å². The number of piperidine rings is 1. The largest absolute Gasteiger partial charge is 0.417 e. The van der Waals surface area contributed by atoms with E-state index in [1.54, 1.807) is 25.3 Å². The number of rotatable bonds is 4. The Bertz CT molecular complexity index is 1000. The molecule has 0 aliphatic carbocycles. The summed E-state index contributed by atoms with van der Waals surface area (Å²) in [6.45, 7) is 2.69. The molecule has 164 valence electrons. The zero-order chi connectivity index (χ0) is 22.2. The van der Waals surface area contributed by atoms with Gasteiger partial charge in [0.15, 0.2) is 0 Å². The van der Waals surface area contributed by atoms with Crippen molar-refractivity contribution in [3.05, 3.63) is 51.7 Å². The maximum atomic E-state index is 13.4. The molecule has 2 aromatic rings. The lowest BCUT2D eigenvalue weighted by atomic mass is 9.73. The number of hydrogen-bond acceptors (Lipinski definition) is 5. The number of anilines is 1. The second kappa shape index (κ2) is 8.17. The van der Waals surface area contributed by atoms with E-state index in [-0.39, 0.29) is 22.8 Å². The fraction of sp³-hybridized carbons (Fsp3) is 0.455. The number of halogens is 3. The zero-order valence-electron chi connectivity index (χ0n) is 17.0. The first-order valence-corrected chi connectivity index (χ1v) is 10.9. The molecule has 2 fully saturated rings. The van der Waals surface area contributed by atoms with Crippen LogP contribution in [0.4, 0.5) is 18.9 Å². The molecule has 0 spiro atoms. The van der Waals surface area contributed by atoms with Gasteiger partial charge in [-0.2, -0.15) is 29.8 Å². The van der Waals surface area contributed by atoms with E-state index in [4.69, 9.17) is 10.00 Å². The summed E-state index contributed by atoms with van der Waals surface area (Å²) in [5.74, 6) is 0.0669. The highest BCUT2D eigenvalue weighted by molar-refractivity contribution is 7.08. The van der Waals surface area contributed by atoms with Gasteiger partial charge in [0.05, 0.1) is 29.4 Å². The molecule has 2 atom stereocenters. The highest BCUT2D eigenvalue weighted by Crippen LogP contribution is 2.45. The number of hydrogen-bond donors (Lipinski definition) is 0. The van der Waals surface area contributed by atoms with Gasteiger partial charge in [-0.05, 0) is 36.1 Å². The average Bonchev–Trinajstić information content (AvgIpc) is 3.40. The molecule has 1 amide bonds. The Morgan fingerprint density at radius 1 is 1.35 bits per heavy atom. The van der Waals surface area contributed by atoms with E-state index in [2.05, 4.69) is 0 Å². The zero-order valence-corrected chi connectivity index (χ0v) is 17.8. The molecule has 1 aromatic heterocycles. The number of carbonyl (C=O) groups is 1. The molecule has 1 aromatic carbocycles. The third kappa shape index (κ3) is 4.02. The molecule has 9 heteroatoms. The highest BCUT2D eigenvalue weighted by atomic mass is 32.1. The van der Waals surface area contributed by atoms with Gasteiger partial charge in [-0.1, -0.05) is 0 Å². The number of methoxy groups -OCH3 is 1. The van der Waals surface area contributed by atoms with E-state index < -0.39 is 11.7 Å². The maximum Gasteiger partial charge on any atom is 0.417 e. The fourth-order valence-electron chi connectivity index (χ4n) is 4.82. The molecule has 2 aliphatic heterocycles. The summed E-state index contributed by atoms with van der Waals surface area (Å²) in [7, 11) is 1.63. The maximum absolute atomic E-state index is 13.4. The van der Waals surface area contributed by atoms with Crippen molar-refractivity contribution >= 4 is 22.9 Å². The van der Waals surface area contributed by atoms with Gasteiger partial charge in [-0.15, -0.1) is 0 Å². The van der Waals surface area contributed by atoms with E-state index in [1.165, 1.54) is 17.4 Å². The topological polar surface area (TPSA) is 56.6 Å². The van der Waals surface area contributed by atoms with Crippen LogP contribution in [0.5, 0.6) is 0 Å². The monoisotopic (exact) mass is 449 g/mol. The molecule has 31 heavy (non-hydrogen) atoms. The number of likely N-dealkylation sites (tertiary alicyclic amines) is 1. The molecule has 5 nitrogen and oxygen atoms in total.